The predicted octanol–water partition coefficient (Wildman–Crippen LogP) is 2.30. The number of nitrogens with zero attached hydrogens (tertiary/aromatic N) is 1. The first-order chi connectivity index (χ1) is 8.70. The van der Waals surface area contributed by atoms with Gasteiger partial charge in [-0.15, -0.1) is 0 Å². The van der Waals surface area contributed by atoms with Crippen LogP contribution in [0.4, 0.5) is 0 Å². The molecule has 3 rings (SSSR count). The van der Waals surface area contributed by atoms with Crippen molar-refractivity contribution in [2.75, 3.05) is 13.1 Å². The van der Waals surface area contributed by atoms with Gasteiger partial charge in [-0.2, -0.15) is 0 Å². The Labute approximate surface area is 110 Å². The molecule has 2 aliphatic carbocycles. The molecule has 3 aliphatic rings. The Morgan fingerprint density at radius 2 is 1.78 bits per heavy atom. The van der Waals surface area contributed by atoms with Crippen LogP contribution in [0.25, 0.3) is 0 Å². The standard InChI is InChI=1S/C15H26N2O/c16-13-6-2-1-5-12(13)14(18)17-10-9-15(11-17)7-3-4-8-15/h12-13H,1-11,16H2. The van der Waals surface area contributed by atoms with Crippen molar-refractivity contribution in [1.29, 1.82) is 0 Å². The van der Waals surface area contributed by atoms with E-state index in [1.165, 1.54) is 44.9 Å². The first-order valence-electron chi connectivity index (χ1n) is 7.75. The third-order valence-electron chi connectivity index (χ3n) is 5.55. The summed E-state index contributed by atoms with van der Waals surface area (Å²) in [7, 11) is 0. The van der Waals surface area contributed by atoms with Gasteiger partial charge in [-0.3, -0.25) is 4.79 Å². The summed E-state index contributed by atoms with van der Waals surface area (Å²) in [5.74, 6) is 0.487. The lowest BCUT2D eigenvalue weighted by atomic mass is 9.83. The first-order valence-corrected chi connectivity index (χ1v) is 7.75. The molecule has 0 aromatic carbocycles. The maximum Gasteiger partial charge on any atom is 0.227 e. The average molecular weight is 250 g/mol. The van der Waals surface area contributed by atoms with Crippen LogP contribution in [-0.2, 0) is 4.79 Å². The second-order valence-electron chi connectivity index (χ2n) is 6.77. The molecule has 1 saturated heterocycles. The molecule has 2 atom stereocenters. The minimum atomic E-state index is 0.117. The van der Waals surface area contributed by atoms with Crippen molar-refractivity contribution in [3.05, 3.63) is 0 Å². The first kappa shape index (κ1) is 12.5. The lowest BCUT2D eigenvalue weighted by Crippen LogP contribution is -2.45. The number of carbonyl (C=O) groups is 1. The molecule has 3 nitrogen and oxygen atoms in total. The molecule has 0 aromatic rings. The Balaban J connectivity index is 1.63. The van der Waals surface area contributed by atoms with Gasteiger partial charge >= 0.3 is 0 Å². The maximum atomic E-state index is 12.6. The van der Waals surface area contributed by atoms with Crippen LogP contribution in [0.1, 0.15) is 57.8 Å². The molecule has 18 heavy (non-hydrogen) atoms. The minimum absolute atomic E-state index is 0.117. The van der Waals surface area contributed by atoms with E-state index in [2.05, 4.69) is 4.90 Å². The number of carbonyl (C=O) groups excluding carboxylic acids is 1. The Morgan fingerprint density at radius 1 is 1.06 bits per heavy atom. The molecule has 0 aromatic heterocycles. The third kappa shape index (κ3) is 2.18. The summed E-state index contributed by atoms with van der Waals surface area (Å²) in [6.45, 7) is 2.01. The molecule has 2 saturated carbocycles. The fourth-order valence-corrected chi connectivity index (χ4v) is 4.36. The largest absolute Gasteiger partial charge is 0.342 e. The van der Waals surface area contributed by atoms with Crippen LogP contribution in [0.5, 0.6) is 0 Å². The summed E-state index contributed by atoms with van der Waals surface area (Å²) in [6, 6.07) is 0.117. The lowest BCUT2D eigenvalue weighted by Gasteiger charge is -2.32. The van der Waals surface area contributed by atoms with Crippen LogP contribution >= 0.6 is 0 Å². The number of nitrogens with two attached hydrogens (primary N) is 1. The summed E-state index contributed by atoms with van der Waals surface area (Å²) in [5, 5.41) is 0. The Hall–Kier alpha value is -0.570. The van der Waals surface area contributed by atoms with Crippen molar-refractivity contribution in [3.63, 3.8) is 0 Å². The summed E-state index contributed by atoms with van der Waals surface area (Å²) in [5.41, 5.74) is 6.64. The van der Waals surface area contributed by atoms with Gasteiger partial charge in [0, 0.05) is 19.1 Å². The van der Waals surface area contributed by atoms with Crippen molar-refractivity contribution < 1.29 is 4.79 Å². The van der Waals surface area contributed by atoms with E-state index >= 15 is 0 Å². The Kier molecular flexibility index (Phi) is 3.35. The number of amides is 1. The van der Waals surface area contributed by atoms with Crippen molar-refractivity contribution in [2.45, 2.75) is 63.8 Å². The molecule has 102 valence electrons. The highest BCUT2D eigenvalue weighted by Crippen LogP contribution is 2.45. The fraction of sp³-hybridized carbons (Fsp3) is 0.933. The van der Waals surface area contributed by atoms with Crippen LogP contribution in [0, 0.1) is 11.3 Å². The van der Waals surface area contributed by atoms with E-state index in [-0.39, 0.29) is 12.0 Å². The zero-order chi connectivity index (χ0) is 12.6. The molecule has 1 aliphatic heterocycles. The zero-order valence-electron chi connectivity index (χ0n) is 11.4. The van der Waals surface area contributed by atoms with Gasteiger partial charge in [0.25, 0.3) is 0 Å². The number of hydrogen-bond acceptors (Lipinski definition) is 2. The van der Waals surface area contributed by atoms with Gasteiger partial charge in [0.1, 0.15) is 0 Å². The smallest absolute Gasteiger partial charge is 0.227 e. The van der Waals surface area contributed by atoms with E-state index in [0.29, 0.717) is 11.3 Å². The van der Waals surface area contributed by atoms with Gasteiger partial charge < -0.3 is 10.6 Å². The molecule has 3 heteroatoms. The van der Waals surface area contributed by atoms with Crippen molar-refractivity contribution >= 4 is 5.91 Å². The van der Waals surface area contributed by atoms with Crippen LogP contribution in [0.15, 0.2) is 0 Å². The van der Waals surface area contributed by atoms with E-state index in [1.54, 1.807) is 0 Å². The monoisotopic (exact) mass is 250 g/mol. The molecule has 1 spiro atoms. The van der Waals surface area contributed by atoms with Crippen LogP contribution in [0.2, 0.25) is 0 Å². The second-order valence-corrected chi connectivity index (χ2v) is 6.77. The van der Waals surface area contributed by atoms with Crippen molar-refractivity contribution in [1.82, 2.24) is 4.90 Å². The second kappa shape index (κ2) is 4.84. The predicted molar refractivity (Wildman–Crippen MR) is 72.0 cm³/mol. The fourth-order valence-electron chi connectivity index (χ4n) is 4.36. The Bertz CT molecular complexity index is 322. The maximum absolute atomic E-state index is 12.6. The van der Waals surface area contributed by atoms with Gasteiger partial charge in [0.2, 0.25) is 5.91 Å². The van der Waals surface area contributed by atoms with E-state index in [0.717, 1.165) is 25.9 Å². The van der Waals surface area contributed by atoms with Crippen LogP contribution in [0.3, 0.4) is 0 Å². The normalized spacial score (nSPS) is 35.3. The highest BCUT2D eigenvalue weighted by Gasteiger charge is 2.43. The number of likely N-dealkylation sites (tertiary alicyclic amines) is 1. The lowest BCUT2D eigenvalue weighted by molar-refractivity contribution is -0.136. The van der Waals surface area contributed by atoms with Crippen LogP contribution < -0.4 is 5.73 Å². The molecular formula is C15H26N2O. The highest BCUT2D eigenvalue weighted by molar-refractivity contribution is 5.80. The Morgan fingerprint density at radius 3 is 2.50 bits per heavy atom. The van der Waals surface area contributed by atoms with Gasteiger partial charge in [-0.1, -0.05) is 25.7 Å². The van der Waals surface area contributed by atoms with Gasteiger partial charge in [0.05, 0.1) is 5.92 Å². The molecule has 0 bridgehead atoms. The molecule has 3 fully saturated rings. The van der Waals surface area contributed by atoms with Gasteiger partial charge in [0.15, 0.2) is 0 Å². The van der Waals surface area contributed by atoms with Crippen LogP contribution in [-0.4, -0.2) is 29.9 Å². The van der Waals surface area contributed by atoms with Gasteiger partial charge in [-0.05, 0) is 37.5 Å². The molecule has 2 N–H and O–H groups in total. The third-order valence-corrected chi connectivity index (χ3v) is 5.55. The summed E-state index contributed by atoms with van der Waals surface area (Å²) < 4.78 is 0. The van der Waals surface area contributed by atoms with E-state index in [4.69, 9.17) is 5.73 Å². The summed E-state index contributed by atoms with van der Waals surface area (Å²) in [6.07, 6.45) is 11.1. The molecular weight excluding hydrogens is 224 g/mol. The quantitative estimate of drug-likeness (QED) is 0.776. The zero-order valence-corrected chi connectivity index (χ0v) is 11.4. The van der Waals surface area contributed by atoms with E-state index in [1.807, 2.05) is 0 Å². The highest BCUT2D eigenvalue weighted by atomic mass is 16.2. The molecule has 1 amide bonds. The number of hydrogen-bond donors (Lipinski definition) is 1. The molecule has 0 radical (unpaired) electrons. The molecule has 1 heterocycles. The minimum Gasteiger partial charge on any atom is -0.342 e. The summed E-state index contributed by atoms with van der Waals surface area (Å²) in [4.78, 5) is 14.7. The number of rotatable bonds is 1. The molecule has 2 unspecified atom stereocenters. The van der Waals surface area contributed by atoms with E-state index in [9.17, 15) is 4.79 Å². The van der Waals surface area contributed by atoms with Crippen molar-refractivity contribution in [3.8, 4) is 0 Å². The SMILES string of the molecule is NC1CCCCC1C(=O)N1CCC2(CCCC2)C1. The van der Waals surface area contributed by atoms with Crippen molar-refractivity contribution in [2.24, 2.45) is 17.1 Å². The van der Waals surface area contributed by atoms with Gasteiger partial charge in [-0.25, -0.2) is 0 Å². The summed E-state index contributed by atoms with van der Waals surface area (Å²) >= 11 is 0. The average Bonchev–Trinajstić information content (AvgIpc) is 3.00. The van der Waals surface area contributed by atoms with E-state index < -0.39 is 0 Å². The topological polar surface area (TPSA) is 46.3 Å².